The molecule has 1 aliphatic carbocycles. The van der Waals surface area contributed by atoms with Crippen molar-refractivity contribution in [2.24, 2.45) is 0 Å². The van der Waals surface area contributed by atoms with Crippen LogP contribution in [0.4, 0.5) is 17.1 Å². The molecule has 1 saturated carbocycles. The summed E-state index contributed by atoms with van der Waals surface area (Å²) in [6.07, 6.45) is 8.70. The van der Waals surface area contributed by atoms with Crippen LogP contribution >= 0.6 is 11.6 Å². The monoisotopic (exact) mass is 472 g/mol. The van der Waals surface area contributed by atoms with Crippen molar-refractivity contribution in [1.82, 2.24) is 14.7 Å². The third kappa shape index (κ3) is 4.49. The minimum atomic E-state index is 0.176. The van der Waals surface area contributed by atoms with Crippen LogP contribution < -0.4 is 10.2 Å². The first-order valence-electron chi connectivity index (χ1n) is 11.7. The lowest BCUT2D eigenvalue weighted by atomic mass is 9.97. The van der Waals surface area contributed by atoms with Gasteiger partial charge in [0.15, 0.2) is 0 Å². The highest BCUT2D eigenvalue weighted by Gasteiger charge is 2.40. The predicted octanol–water partition coefficient (Wildman–Crippen LogP) is 3.93. The predicted molar refractivity (Wildman–Crippen MR) is 132 cm³/mol. The Kier molecular flexibility index (Phi) is 6.35. The third-order valence-corrected chi connectivity index (χ3v) is 7.73. The Hall–Kier alpha value is -2.13. The van der Waals surface area contributed by atoms with Crippen molar-refractivity contribution < 1.29 is 9.47 Å². The molecule has 0 bridgehead atoms. The molecule has 2 atom stereocenters. The van der Waals surface area contributed by atoms with E-state index in [1.807, 2.05) is 23.1 Å². The molecule has 0 spiro atoms. The van der Waals surface area contributed by atoms with Gasteiger partial charge in [0, 0.05) is 57.0 Å². The molecule has 2 N–H and O–H groups in total. The van der Waals surface area contributed by atoms with E-state index in [2.05, 4.69) is 33.2 Å². The van der Waals surface area contributed by atoms with Crippen molar-refractivity contribution in [2.75, 3.05) is 56.7 Å². The quantitative estimate of drug-likeness (QED) is 0.594. The van der Waals surface area contributed by atoms with Crippen LogP contribution in [0.2, 0.25) is 5.02 Å². The molecule has 178 valence electrons. The highest BCUT2D eigenvalue weighted by molar-refractivity contribution is 6.33. The topological polar surface area (TPSA) is 78.6 Å². The number of hydrogen-bond donors (Lipinski definition) is 2. The number of ether oxygens (including phenoxy) is 2. The van der Waals surface area contributed by atoms with Crippen LogP contribution in [-0.2, 0) is 9.47 Å². The summed E-state index contributed by atoms with van der Waals surface area (Å²) < 4.78 is 13.0. The lowest BCUT2D eigenvalue weighted by Gasteiger charge is -2.50. The van der Waals surface area contributed by atoms with Gasteiger partial charge in [-0.05, 0) is 38.3 Å². The minimum Gasteiger partial charge on any atom is -0.381 e. The van der Waals surface area contributed by atoms with Gasteiger partial charge in [-0.1, -0.05) is 11.6 Å². The van der Waals surface area contributed by atoms with Gasteiger partial charge in [-0.25, -0.2) is 0 Å². The van der Waals surface area contributed by atoms with Crippen molar-refractivity contribution in [3.8, 4) is 0 Å². The molecule has 5 rings (SSSR count). The van der Waals surface area contributed by atoms with Gasteiger partial charge >= 0.3 is 0 Å². The second kappa shape index (κ2) is 9.25. The van der Waals surface area contributed by atoms with Crippen LogP contribution in [0.25, 0.3) is 0 Å². The number of anilines is 3. The normalized spacial score (nSPS) is 25.1. The summed E-state index contributed by atoms with van der Waals surface area (Å²) in [4.78, 5) is 4.87. The number of rotatable bonds is 7. The van der Waals surface area contributed by atoms with E-state index in [1.165, 1.54) is 6.21 Å². The maximum Gasteiger partial charge on any atom is 0.0770 e. The van der Waals surface area contributed by atoms with Crippen LogP contribution in [0.1, 0.15) is 37.8 Å². The summed E-state index contributed by atoms with van der Waals surface area (Å²) in [6.45, 7) is 7.72. The molecule has 33 heavy (non-hydrogen) atoms. The van der Waals surface area contributed by atoms with Gasteiger partial charge in [0.25, 0.3) is 0 Å². The zero-order chi connectivity index (χ0) is 23.0. The SMILES string of the molecule is COC1CCC(n2cc(Nc3cc(N4CCN(C5(C)COC5)CC4)c(Cl)cc3C=N)cn2)C1. The van der Waals surface area contributed by atoms with Gasteiger partial charge in [-0.3, -0.25) is 9.58 Å². The van der Waals surface area contributed by atoms with E-state index < -0.39 is 0 Å². The van der Waals surface area contributed by atoms with Gasteiger partial charge in [0.1, 0.15) is 0 Å². The average molecular weight is 473 g/mol. The molecule has 3 fully saturated rings. The van der Waals surface area contributed by atoms with Crippen LogP contribution in [0.15, 0.2) is 24.5 Å². The summed E-state index contributed by atoms with van der Waals surface area (Å²) in [7, 11) is 1.78. The van der Waals surface area contributed by atoms with Gasteiger partial charge < -0.3 is 25.1 Å². The van der Waals surface area contributed by atoms with E-state index in [1.54, 1.807) is 7.11 Å². The highest BCUT2D eigenvalue weighted by atomic mass is 35.5. The summed E-state index contributed by atoms with van der Waals surface area (Å²) in [5.74, 6) is 0. The molecular formula is C24H33ClN6O2. The van der Waals surface area contributed by atoms with Gasteiger partial charge in [-0.2, -0.15) is 5.10 Å². The lowest BCUT2D eigenvalue weighted by Crippen LogP contribution is -2.64. The summed E-state index contributed by atoms with van der Waals surface area (Å²) in [5.41, 5.74) is 3.72. The smallest absolute Gasteiger partial charge is 0.0770 e. The van der Waals surface area contributed by atoms with E-state index in [0.717, 1.165) is 81.3 Å². The van der Waals surface area contributed by atoms with E-state index in [-0.39, 0.29) is 5.54 Å². The second-order valence-corrected chi connectivity index (χ2v) is 10.1. The number of piperazine rings is 1. The summed E-state index contributed by atoms with van der Waals surface area (Å²) in [5, 5.41) is 16.6. The van der Waals surface area contributed by atoms with E-state index in [4.69, 9.17) is 26.5 Å². The largest absolute Gasteiger partial charge is 0.381 e. The first kappa shape index (κ1) is 22.7. The van der Waals surface area contributed by atoms with Gasteiger partial charge in [0.05, 0.1) is 53.5 Å². The van der Waals surface area contributed by atoms with E-state index >= 15 is 0 Å². The summed E-state index contributed by atoms with van der Waals surface area (Å²) in [6, 6.07) is 4.32. The Labute approximate surface area is 200 Å². The van der Waals surface area contributed by atoms with Crippen molar-refractivity contribution in [2.45, 2.75) is 43.9 Å². The van der Waals surface area contributed by atoms with Gasteiger partial charge in [0.2, 0.25) is 0 Å². The fourth-order valence-electron chi connectivity index (χ4n) is 5.24. The van der Waals surface area contributed by atoms with E-state index in [0.29, 0.717) is 17.2 Å². The Morgan fingerprint density at radius 1 is 1.24 bits per heavy atom. The number of hydrogen-bond acceptors (Lipinski definition) is 7. The molecule has 9 heteroatoms. The molecule has 1 aromatic heterocycles. The number of halogens is 1. The fourth-order valence-corrected chi connectivity index (χ4v) is 5.54. The standard InChI is InChI=1S/C24H33ClN6O2/c1-24(15-33-16-24)30-7-5-29(6-8-30)23-11-22(17(12-26)9-21(23)25)28-18-13-27-31(14-18)19-3-4-20(10-19)32-2/h9,11-14,19-20,26,28H,3-8,10,15-16H2,1-2H3. The molecule has 2 aliphatic heterocycles. The molecule has 0 radical (unpaired) electrons. The zero-order valence-corrected chi connectivity index (χ0v) is 20.1. The maximum absolute atomic E-state index is 7.88. The molecule has 3 aliphatic rings. The van der Waals surface area contributed by atoms with Crippen molar-refractivity contribution in [3.05, 3.63) is 35.1 Å². The van der Waals surface area contributed by atoms with Crippen LogP contribution in [0, 0.1) is 5.41 Å². The molecule has 0 amide bonds. The number of benzene rings is 1. The summed E-state index contributed by atoms with van der Waals surface area (Å²) >= 11 is 6.66. The molecule has 2 unspecified atom stereocenters. The lowest BCUT2D eigenvalue weighted by molar-refractivity contribution is -0.131. The average Bonchev–Trinajstić information content (AvgIpc) is 3.48. The Morgan fingerprint density at radius 2 is 2.03 bits per heavy atom. The molecule has 2 aromatic rings. The minimum absolute atomic E-state index is 0.176. The fraction of sp³-hybridized carbons (Fsp3) is 0.583. The number of nitrogens with zero attached hydrogens (tertiary/aromatic N) is 4. The van der Waals surface area contributed by atoms with Crippen molar-refractivity contribution in [1.29, 1.82) is 5.41 Å². The van der Waals surface area contributed by atoms with Crippen LogP contribution in [0.3, 0.4) is 0 Å². The molecular weight excluding hydrogens is 440 g/mol. The Bertz CT molecular complexity index is 999. The second-order valence-electron chi connectivity index (χ2n) is 9.66. The number of nitrogens with one attached hydrogen (secondary N) is 2. The molecule has 2 saturated heterocycles. The number of aromatic nitrogens is 2. The van der Waals surface area contributed by atoms with Crippen molar-refractivity contribution in [3.63, 3.8) is 0 Å². The highest BCUT2D eigenvalue weighted by Crippen LogP contribution is 2.36. The Morgan fingerprint density at radius 3 is 2.67 bits per heavy atom. The van der Waals surface area contributed by atoms with Gasteiger partial charge in [-0.15, -0.1) is 0 Å². The first-order valence-corrected chi connectivity index (χ1v) is 12.1. The first-order chi connectivity index (χ1) is 16.0. The van der Waals surface area contributed by atoms with E-state index in [9.17, 15) is 0 Å². The van der Waals surface area contributed by atoms with Crippen LogP contribution in [-0.4, -0.2) is 79.0 Å². The zero-order valence-electron chi connectivity index (χ0n) is 19.4. The maximum atomic E-state index is 7.88. The Balaban J connectivity index is 1.30. The third-order valence-electron chi connectivity index (χ3n) is 7.43. The van der Waals surface area contributed by atoms with Crippen LogP contribution in [0.5, 0.6) is 0 Å². The molecule has 1 aromatic carbocycles. The molecule has 8 nitrogen and oxygen atoms in total. The molecule has 3 heterocycles. The number of methoxy groups -OCH3 is 1. The van der Waals surface area contributed by atoms with Crippen molar-refractivity contribution >= 4 is 34.9 Å².